The summed E-state index contributed by atoms with van der Waals surface area (Å²) < 4.78 is 38.9. The fourth-order valence-electron chi connectivity index (χ4n) is 3.11. The second-order valence-electron chi connectivity index (χ2n) is 7.46. The molecule has 5 N–H and O–H groups in total. The number of nitrogens with two attached hydrogens (primary N) is 1. The minimum absolute atomic E-state index is 0.0422. The minimum atomic E-state index is -4.47. The van der Waals surface area contributed by atoms with Crippen molar-refractivity contribution in [2.75, 3.05) is 16.1 Å². The van der Waals surface area contributed by atoms with Gasteiger partial charge in [0.15, 0.2) is 0 Å². The maximum atomic E-state index is 13.0. The number of rotatable bonds is 7. The molecular formula is C22H23F3N6O. The van der Waals surface area contributed by atoms with Gasteiger partial charge in [-0.2, -0.15) is 13.2 Å². The number of nitrogens with one attached hydrogen (secondary N) is 2. The molecule has 0 radical (unpaired) electrons. The van der Waals surface area contributed by atoms with Gasteiger partial charge in [-0.3, -0.25) is 15.7 Å². The quantitative estimate of drug-likeness (QED) is 0.310. The van der Waals surface area contributed by atoms with Crippen LogP contribution in [-0.2, 0) is 12.7 Å². The lowest BCUT2D eigenvalue weighted by Gasteiger charge is -2.19. The van der Waals surface area contributed by atoms with Crippen LogP contribution in [-0.4, -0.2) is 26.9 Å². The molecule has 3 rings (SSSR count). The summed E-state index contributed by atoms with van der Waals surface area (Å²) in [4.78, 5) is 8.14. The molecule has 1 heterocycles. The zero-order valence-corrected chi connectivity index (χ0v) is 17.5. The molecule has 0 bridgehead atoms. The lowest BCUT2D eigenvalue weighted by molar-refractivity contribution is -0.137. The Bertz CT molecular complexity index is 1120. The molecule has 0 atom stereocenters. The second-order valence-corrected chi connectivity index (χ2v) is 7.46. The van der Waals surface area contributed by atoms with E-state index in [1.165, 1.54) is 18.5 Å². The van der Waals surface area contributed by atoms with Crippen molar-refractivity contribution in [3.8, 4) is 0 Å². The summed E-state index contributed by atoms with van der Waals surface area (Å²) in [5.74, 6) is 0.538. The van der Waals surface area contributed by atoms with Crippen molar-refractivity contribution in [2.45, 2.75) is 32.6 Å². The number of alkyl halides is 3. The van der Waals surface area contributed by atoms with Gasteiger partial charge in [-0.15, -0.1) is 0 Å². The van der Waals surface area contributed by atoms with E-state index in [9.17, 15) is 18.4 Å². The van der Waals surface area contributed by atoms with E-state index in [1.807, 2.05) is 13.8 Å². The minimum Gasteiger partial charge on any atom is -0.383 e. The molecule has 0 amide bonds. The number of benzene rings is 2. The molecule has 3 aromatic rings. The monoisotopic (exact) mass is 444 g/mol. The van der Waals surface area contributed by atoms with Crippen LogP contribution in [0.1, 0.15) is 36.1 Å². The molecule has 10 heteroatoms. The van der Waals surface area contributed by atoms with Crippen LogP contribution in [0.4, 0.5) is 30.5 Å². The van der Waals surface area contributed by atoms with Crippen molar-refractivity contribution < 1.29 is 18.4 Å². The highest BCUT2D eigenvalue weighted by molar-refractivity contribution is 6.16. The predicted molar refractivity (Wildman–Crippen MR) is 117 cm³/mol. The van der Waals surface area contributed by atoms with Crippen LogP contribution in [0.15, 0.2) is 54.9 Å². The molecule has 2 aromatic carbocycles. The van der Waals surface area contributed by atoms with E-state index in [-0.39, 0.29) is 29.7 Å². The fourth-order valence-corrected chi connectivity index (χ4v) is 3.11. The highest BCUT2D eigenvalue weighted by Crippen LogP contribution is 2.30. The van der Waals surface area contributed by atoms with E-state index in [0.717, 1.165) is 17.2 Å². The van der Waals surface area contributed by atoms with E-state index in [2.05, 4.69) is 15.3 Å². The zero-order chi connectivity index (χ0) is 23.5. The lowest BCUT2D eigenvalue weighted by atomic mass is 10.0. The van der Waals surface area contributed by atoms with E-state index in [1.54, 1.807) is 24.3 Å². The Balaban J connectivity index is 1.87. The second kappa shape index (κ2) is 9.23. The fraction of sp³-hybridized carbons (Fsp3) is 0.227. The van der Waals surface area contributed by atoms with Gasteiger partial charge in [-0.05, 0) is 43.7 Å². The maximum absolute atomic E-state index is 13.0. The Morgan fingerprint density at radius 3 is 2.56 bits per heavy atom. The van der Waals surface area contributed by atoms with E-state index >= 15 is 0 Å². The number of anilines is 3. The summed E-state index contributed by atoms with van der Waals surface area (Å²) in [6.45, 7) is 3.67. The number of hydroxylamine groups is 1. The van der Waals surface area contributed by atoms with Crippen molar-refractivity contribution >= 4 is 23.0 Å². The van der Waals surface area contributed by atoms with Gasteiger partial charge in [-0.1, -0.05) is 24.3 Å². The number of aromatic nitrogens is 2. The smallest absolute Gasteiger partial charge is 0.383 e. The molecule has 32 heavy (non-hydrogen) atoms. The molecule has 0 fully saturated rings. The first kappa shape index (κ1) is 23.0. The maximum Gasteiger partial charge on any atom is 0.416 e. The number of hydrogen-bond acceptors (Lipinski definition) is 7. The summed E-state index contributed by atoms with van der Waals surface area (Å²) in [6.07, 6.45) is -3.16. The molecule has 0 saturated heterocycles. The van der Waals surface area contributed by atoms with Crippen molar-refractivity contribution in [1.29, 1.82) is 5.41 Å². The van der Waals surface area contributed by atoms with Gasteiger partial charge in [0.2, 0.25) is 0 Å². The molecule has 1 aromatic heterocycles. The average Bonchev–Trinajstić information content (AvgIpc) is 2.73. The summed E-state index contributed by atoms with van der Waals surface area (Å²) in [6, 6.07) is 11.2. The van der Waals surface area contributed by atoms with Crippen LogP contribution in [0.3, 0.4) is 0 Å². The van der Waals surface area contributed by atoms with Crippen LogP contribution in [0.25, 0.3) is 0 Å². The van der Waals surface area contributed by atoms with Crippen LogP contribution >= 0.6 is 0 Å². The van der Waals surface area contributed by atoms with E-state index < -0.39 is 11.7 Å². The molecule has 7 nitrogen and oxygen atoms in total. The first-order valence-electron chi connectivity index (χ1n) is 9.75. The Labute approximate surface area is 183 Å². The molecule has 0 aliphatic rings. The van der Waals surface area contributed by atoms with Crippen molar-refractivity contribution in [3.63, 3.8) is 0 Å². The predicted octanol–water partition coefficient (Wildman–Crippen LogP) is 4.71. The third kappa shape index (κ3) is 5.33. The van der Waals surface area contributed by atoms with Gasteiger partial charge in [-0.25, -0.2) is 9.97 Å². The molecule has 0 spiro atoms. The van der Waals surface area contributed by atoms with Crippen LogP contribution < -0.4 is 16.1 Å². The third-order valence-electron chi connectivity index (χ3n) is 4.57. The van der Waals surface area contributed by atoms with Crippen molar-refractivity contribution in [1.82, 2.24) is 9.97 Å². The summed E-state index contributed by atoms with van der Waals surface area (Å²) in [5.41, 5.74) is 6.59. The molecule has 168 valence electrons. The van der Waals surface area contributed by atoms with Gasteiger partial charge in [0, 0.05) is 11.6 Å². The zero-order valence-electron chi connectivity index (χ0n) is 17.5. The first-order valence-corrected chi connectivity index (χ1v) is 9.75. The van der Waals surface area contributed by atoms with Crippen LogP contribution in [0.2, 0.25) is 0 Å². The van der Waals surface area contributed by atoms with Gasteiger partial charge >= 0.3 is 6.18 Å². The lowest BCUT2D eigenvalue weighted by Crippen LogP contribution is -2.19. The van der Waals surface area contributed by atoms with Gasteiger partial charge in [0.25, 0.3) is 0 Å². The topological polar surface area (TPSA) is 111 Å². The van der Waals surface area contributed by atoms with Crippen molar-refractivity contribution in [2.24, 2.45) is 0 Å². The Hall–Kier alpha value is -3.66. The SMILES string of the molecule is CC(C)Nc1ncnc(N)c1C(=N)c1cccc(N(O)Cc2cccc(C(F)(F)F)c2)c1. The Morgan fingerprint density at radius 2 is 1.88 bits per heavy atom. The standard InChI is InChI=1S/C22H23F3N6O/c1-13(2)30-21-18(20(27)28-12-29-21)19(26)15-6-4-8-17(10-15)31(32)11-14-5-3-7-16(9-14)22(23,24)25/h3-10,12-13,26,32H,11H2,1-2H3,(H3,27,28,29,30). The molecule has 0 saturated carbocycles. The molecule has 0 unspecified atom stereocenters. The molecule has 0 aliphatic heterocycles. The average molecular weight is 444 g/mol. The Kier molecular flexibility index (Phi) is 6.64. The summed E-state index contributed by atoms with van der Waals surface area (Å²) >= 11 is 0. The van der Waals surface area contributed by atoms with Crippen LogP contribution in [0.5, 0.6) is 0 Å². The first-order chi connectivity index (χ1) is 15.1. The van der Waals surface area contributed by atoms with Crippen LogP contribution in [0, 0.1) is 5.41 Å². The van der Waals surface area contributed by atoms with Gasteiger partial charge < -0.3 is 11.1 Å². The highest BCUT2D eigenvalue weighted by atomic mass is 19.4. The van der Waals surface area contributed by atoms with E-state index in [4.69, 9.17) is 11.1 Å². The molecule has 0 aliphatic carbocycles. The Morgan fingerprint density at radius 1 is 1.16 bits per heavy atom. The van der Waals surface area contributed by atoms with Gasteiger partial charge in [0.05, 0.1) is 29.1 Å². The highest BCUT2D eigenvalue weighted by Gasteiger charge is 2.30. The largest absolute Gasteiger partial charge is 0.416 e. The number of nitrogen functional groups attached to an aromatic ring is 1. The number of halogens is 3. The summed E-state index contributed by atoms with van der Waals surface area (Å²) in [5, 5.41) is 23.1. The summed E-state index contributed by atoms with van der Waals surface area (Å²) in [7, 11) is 0. The molecular weight excluding hydrogens is 421 g/mol. The normalized spacial score (nSPS) is 11.5. The van der Waals surface area contributed by atoms with Crippen molar-refractivity contribution in [3.05, 3.63) is 77.1 Å². The third-order valence-corrected chi connectivity index (χ3v) is 4.57. The van der Waals surface area contributed by atoms with E-state index in [0.29, 0.717) is 22.6 Å². The number of nitrogens with zero attached hydrogens (tertiary/aromatic N) is 3. The van der Waals surface area contributed by atoms with Gasteiger partial charge in [0.1, 0.15) is 18.0 Å². The number of hydrogen-bond donors (Lipinski definition) is 4.